The first-order chi connectivity index (χ1) is 14.7. The number of aromatic nitrogens is 2. The minimum absolute atomic E-state index is 0.0670. The molecule has 8 heteroatoms. The fourth-order valence-electron chi connectivity index (χ4n) is 4.03. The molecule has 154 valence electrons. The molecule has 1 saturated heterocycles. The first-order valence-electron chi connectivity index (χ1n) is 9.98. The summed E-state index contributed by atoms with van der Waals surface area (Å²) < 4.78 is 18.9. The van der Waals surface area contributed by atoms with E-state index in [-0.39, 0.29) is 18.3 Å². The first-order valence-corrected chi connectivity index (χ1v) is 9.98. The molecule has 1 fully saturated rings. The Morgan fingerprint density at radius 2 is 1.93 bits per heavy atom. The summed E-state index contributed by atoms with van der Waals surface area (Å²) in [7, 11) is 0. The normalized spacial score (nSPS) is 17.0. The second kappa shape index (κ2) is 7.79. The van der Waals surface area contributed by atoms with Gasteiger partial charge in [-0.2, -0.15) is 0 Å². The molecule has 7 nitrogen and oxygen atoms in total. The van der Waals surface area contributed by atoms with Gasteiger partial charge in [0.15, 0.2) is 0 Å². The number of amides is 1. The van der Waals surface area contributed by atoms with Crippen LogP contribution in [0.3, 0.4) is 0 Å². The number of H-pyrrole nitrogens is 1. The van der Waals surface area contributed by atoms with Crippen LogP contribution in [-0.2, 0) is 9.53 Å². The van der Waals surface area contributed by atoms with Crippen LogP contribution >= 0.6 is 0 Å². The number of morpholine rings is 1. The molecule has 4 heterocycles. The Balaban J connectivity index is 1.56. The fraction of sp³-hybridized carbons (Fsp3) is 0.273. The lowest BCUT2D eigenvalue weighted by Crippen LogP contribution is -2.45. The van der Waals surface area contributed by atoms with Gasteiger partial charge in [0, 0.05) is 36.4 Å². The largest absolute Gasteiger partial charge is 0.378 e. The highest BCUT2D eigenvalue weighted by atomic mass is 19.1. The smallest absolute Gasteiger partial charge is 0.242 e. The van der Waals surface area contributed by atoms with Crippen molar-refractivity contribution >= 4 is 28.3 Å². The van der Waals surface area contributed by atoms with E-state index in [1.54, 1.807) is 18.3 Å². The van der Waals surface area contributed by atoms with E-state index >= 15 is 0 Å². The average molecular weight is 407 g/mol. The van der Waals surface area contributed by atoms with E-state index < -0.39 is 0 Å². The van der Waals surface area contributed by atoms with Crippen LogP contribution in [0.25, 0.3) is 22.4 Å². The third kappa shape index (κ3) is 3.39. The Morgan fingerprint density at radius 1 is 1.13 bits per heavy atom. The molecule has 1 amide bonds. The molecule has 0 atom stereocenters. The number of fused-ring (bicyclic) bond motifs is 1. The van der Waals surface area contributed by atoms with Gasteiger partial charge in [-0.15, -0.1) is 0 Å². The molecular formula is C22H22FN5O2. The summed E-state index contributed by atoms with van der Waals surface area (Å²) in [5.41, 5.74) is 4.41. The van der Waals surface area contributed by atoms with Crippen molar-refractivity contribution < 1.29 is 13.9 Å². The third-order valence-electron chi connectivity index (χ3n) is 5.54. The number of aromatic amines is 1. The Kier molecular flexibility index (Phi) is 4.84. The zero-order valence-corrected chi connectivity index (χ0v) is 16.4. The second-order valence-electron chi connectivity index (χ2n) is 7.35. The van der Waals surface area contributed by atoms with E-state index in [2.05, 4.69) is 15.3 Å². The number of nitrogens with one attached hydrogen (secondary N) is 2. The van der Waals surface area contributed by atoms with Gasteiger partial charge in [-0.05, 0) is 42.0 Å². The zero-order valence-electron chi connectivity index (χ0n) is 16.4. The quantitative estimate of drug-likeness (QED) is 0.694. The number of carbonyl (C=O) groups excluding carboxylic acids is 1. The molecule has 0 radical (unpaired) electrons. The summed E-state index contributed by atoms with van der Waals surface area (Å²) in [6.45, 7) is 3.11. The Bertz CT molecular complexity index is 1100. The number of hydrogen-bond acceptors (Lipinski definition) is 5. The van der Waals surface area contributed by atoms with Crippen molar-refractivity contribution in [2.24, 2.45) is 0 Å². The zero-order chi connectivity index (χ0) is 20.5. The number of pyridine rings is 1. The molecule has 2 aliphatic rings. The molecule has 3 aromatic rings. The number of nitrogens with zero attached hydrogens (tertiary/aromatic N) is 3. The number of benzene rings is 1. The van der Waals surface area contributed by atoms with Crippen molar-refractivity contribution in [2.75, 3.05) is 39.5 Å². The van der Waals surface area contributed by atoms with E-state index in [4.69, 9.17) is 4.74 Å². The maximum absolute atomic E-state index is 13.5. The van der Waals surface area contributed by atoms with Gasteiger partial charge in [0.1, 0.15) is 11.5 Å². The minimum Gasteiger partial charge on any atom is -0.378 e. The molecule has 0 bridgehead atoms. The summed E-state index contributed by atoms with van der Waals surface area (Å²) in [6.07, 6.45) is 3.61. The maximum atomic E-state index is 13.5. The Morgan fingerprint density at radius 3 is 2.73 bits per heavy atom. The summed E-state index contributed by atoms with van der Waals surface area (Å²) in [4.78, 5) is 24.4. The molecule has 30 heavy (non-hydrogen) atoms. The van der Waals surface area contributed by atoms with Gasteiger partial charge in [-0.3, -0.25) is 4.79 Å². The molecule has 2 N–H and O–H groups in total. The lowest BCUT2D eigenvalue weighted by Gasteiger charge is -2.30. The van der Waals surface area contributed by atoms with Crippen molar-refractivity contribution in [3.8, 4) is 0 Å². The molecule has 0 saturated carbocycles. The first kappa shape index (κ1) is 18.6. The van der Waals surface area contributed by atoms with E-state index in [0.717, 1.165) is 33.6 Å². The van der Waals surface area contributed by atoms with Gasteiger partial charge < -0.3 is 24.8 Å². The molecule has 0 unspecified atom stereocenters. The monoisotopic (exact) mass is 407 g/mol. The predicted molar refractivity (Wildman–Crippen MR) is 111 cm³/mol. The summed E-state index contributed by atoms with van der Waals surface area (Å²) in [5, 5.41) is 4.39. The number of hydrogen-bond donors (Lipinski definition) is 2. The highest BCUT2D eigenvalue weighted by Crippen LogP contribution is 2.35. The summed E-state index contributed by atoms with van der Waals surface area (Å²) in [6, 6.07) is 10.3. The second-order valence-corrected chi connectivity index (χ2v) is 7.35. The number of ether oxygens (including phenoxy) is 1. The van der Waals surface area contributed by atoms with E-state index in [0.29, 0.717) is 33.0 Å². The lowest BCUT2D eigenvalue weighted by molar-refractivity contribution is -0.135. The van der Waals surface area contributed by atoms with E-state index in [1.165, 1.54) is 12.1 Å². The number of halogens is 1. The van der Waals surface area contributed by atoms with Crippen LogP contribution in [0.1, 0.15) is 11.1 Å². The Labute approximate surface area is 173 Å². The van der Waals surface area contributed by atoms with Crippen molar-refractivity contribution in [1.29, 1.82) is 0 Å². The van der Waals surface area contributed by atoms with Crippen molar-refractivity contribution in [3.63, 3.8) is 0 Å². The van der Waals surface area contributed by atoms with Crippen LogP contribution < -0.4 is 5.32 Å². The molecule has 2 aromatic heterocycles. The lowest BCUT2D eigenvalue weighted by atomic mass is 10.0. The molecule has 0 aliphatic carbocycles. The van der Waals surface area contributed by atoms with Gasteiger partial charge in [-0.1, -0.05) is 0 Å². The molecular weight excluding hydrogens is 385 g/mol. The van der Waals surface area contributed by atoms with Crippen LogP contribution in [0.4, 0.5) is 4.39 Å². The van der Waals surface area contributed by atoms with Crippen LogP contribution in [0, 0.1) is 5.82 Å². The topological polar surface area (TPSA) is 73.5 Å². The van der Waals surface area contributed by atoms with Crippen LogP contribution in [0.5, 0.6) is 0 Å². The van der Waals surface area contributed by atoms with Crippen LogP contribution in [0.2, 0.25) is 0 Å². The van der Waals surface area contributed by atoms with Crippen LogP contribution in [0.15, 0.2) is 48.8 Å². The van der Waals surface area contributed by atoms with Gasteiger partial charge in [-0.25, -0.2) is 9.37 Å². The fourth-order valence-corrected chi connectivity index (χ4v) is 4.03. The highest BCUT2D eigenvalue weighted by Gasteiger charge is 2.29. The van der Waals surface area contributed by atoms with Gasteiger partial charge in [0.05, 0.1) is 37.8 Å². The molecule has 2 aliphatic heterocycles. The van der Waals surface area contributed by atoms with E-state index in [1.807, 2.05) is 28.1 Å². The van der Waals surface area contributed by atoms with Crippen molar-refractivity contribution in [2.45, 2.75) is 0 Å². The van der Waals surface area contributed by atoms with Crippen molar-refractivity contribution in [3.05, 3.63) is 65.7 Å². The molecule has 0 spiro atoms. The van der Waals surface area contributed by atoms with Gasteiger partial charge in [0.2, 0.25) is 5.91 Å². The van der Waals surface area contributed by atoms with Gasteiger partial charge in [0.25, 0.3) is 0 Å². The number of rotatable bonds is 4. The number of carbonyl (C=O) groups is 1. The molecule has 1 aromatic carbocycles. The predicted octanol–water partition coefficient (Wildman–Crippen LogP) is 2.25. The van der Waals surface area contributed by atoms with E-state index in [9.17, 15) is 9.18 Å². The third-order valence-corrected chi connectivity index (χ3v) is 5.54. The highest BCUT2D eigenvalue weighted by molar-refractivity contribution is 6.00. The standard InChI is InChI=1S/C22H22FN5O2/c23-16-3-1-15(2-4-16)20-21(17-5-7-24-22-18(17)6-8-25-22)28(14-26-20)13-19(29)27-9-11-30-12-10-27/h1-8,26H,9-14H2,(H,24,25). The van der Waals surface area contributed by atoms with Crippen LogP contribution in [-0.4, -0.2) is 65.2 Å². The SMILES string of the molecule is O=C(CN1CNC(c2ccc(F)cc2)=C1c1ccnc2[nH]ccc12)N1CCOCC1. The molecule has 5 rings (SSSR count). The van der Waals surface area contributed by atoms with Gasteiger partial charge >= 0.3 is 0 Å². The Hall–Kier alpha value is -3.39. The summed E-state index contributed by atoms with van der Waals surface area (Å²) >= 11 is 0. The summed E-state index contributed by atoms with van der Waals surface area (Å²) in [5.74, 6) is -0.215. The minimum atomic E-state index is -0.282. The maximum Gasteiger partial charge on any atom is 0.242 e. The average Bonchev–Trinajstić information content (AvgIpc) is 3.42. The van der Waals surface area contributed by atoms with Crippen molar-refractivity contribution in [1.82, 2.24) is 25.1 Å².